The van der Waals surface area contributed by atoms with Crippen molar-refractivity contribution in [2.45, 2.75) is 26.7 Å². The molecule has 0 saturated carbocycles. The fourth-order valence-corrected chi connectivity index (χ4v) is 1.53. The lowest BCUT2D eigenvalue weighted by atomic mass is 10.1. The molecule has 1 heterocycles. The summed E-state index contributed by atoms with van der Waals surface area (Å²) in [5.41, 5.74) is -0.733. The van der Waals surface area contributed by atoms with Gasteiger partial charge in [-0.3, -0.25) is 4.79 Å². The van der Waals surface area contributed by atoms with Crippen LogP contribution in [0.25, 0.3) is 0 Å². The van der Waals surface area contributed by atoms with Crippen LogP contribution in [0, 0.1) is 17.0 Å². The van der Waals surface area contributed by atoms with E-state index in [1.807, 2.05) is 0 Å². The lowest BCUT2D eigenvalue weighted by molar-refractivity contribution is -0.390. The molecule has 0 unspecified atom stereocenters. The molecule has 6 nitrogen and oxygen atoms in total. The number of ether oxygens (including phenoxy) is 1. The number of nitrogens with zero attached hydrogens (tertiary/aromatic N) is 2. The first-order valence-electron chi connectivity index (χ1n) is 5.45. The van der Waals surface area contributed by atoms with Crippen molar-refractivity contribution in [3.8, 4) is 0 Å². The van der Waals surface area contributed by atoms with Crippen molar-refractivity contribution < 1.29 is 23.2 Å². The van der Waals surface area contributed by atoms with Gasteiger partial charge in [0.25, 0.3) is 6.43 Å². The van der Waals surface area contributed by atoms with Gasteiger partial charge < -0.3 is 14.9 Å². The van der Waals surface area contributed by atoms with E-state index < -0.39 is 35.1 Å². The number of hydrogen-bond acceptors (Lipinski definition) is 5. The van der Waals surface area contributed by atoms with Crippen LogP contribution < -0.4 is 0 Å². The number of nitro groups is 1. The molecular formula is C11H12F2N2O4. The van der Waals surface area contributed by atoms with Gasteiger partial charge in [0.05, 0.1) is 24.2 Å². The summed E-state index contributed by atoms with van der Waals surface area (Å²) in [5, 5.41) is 10.8. The number of aromatic nitrogens is 1. The zero-order chi connectivity index (χ0) is 14.6. The van der Waals surface area contributed by atoms with Crippen LogP contribution in [0.3, 0.4) is 0 Å². The van der Waals surface area contributed by atoms with Crippen molar-refractivity contribution >= 4 is 11.8 Å². The Morgan fingerprint density at radius 2 is 2.21 bits per heavy atom. The van der Waals surface area contributed by atoms with Crippen molar-refractivity contribution in [2.24, 2.45) is 0 Å². The topological polar surface area (TPSA) is 82.3 Å². The Morgan fingerprint density at radius 3 is 2.68 bits per heavy atom. The summed E-state index contributed by atoms with van der Waals surface area (Å²) in [6.45, 7) is 2.93. The molecule has 0 amide bonds. The van der Waals surface area contributed by atoms with Crippen molar-refractivity contribution in [1.29, 1.82) is 0 Å². The van der Waals surface area contributed by atoms with E-state index in [1.54, 1.807) is 6.92 Å². The highest BCUT2D eigenvalue weighted by molar-refractivity contribution is 5.73. The zero-order valence-electron chi connectivity index (χ0n) is 10.4. The number of alkyl halides is 2. The van der Waals surface area contributed by atoms with Gasteiger partial charge in [-0.05, 0) is 22.9 Å². The van der Waals surface area contributed by atoms with E-state index in [4.69, 9.17) is 0 Å². The molecule has 0 aliphatic heterocycles. The van der Waals surface area contributed by atoms with Gasteiger partial charge in [-0.15, -0.1) is 0 Å². The van der Waals surface area contributed by atoms with Gasteiger partial charge >= 0.3 is 11.8 Å². The summed E-state index contributed by atoms with van der Waals surface area (Å²) >= 11 is 0. The highest BCUT2D eigenvalue weighted by Crippen LogP contribution is 2.27. The minimum atomic E-state index is -2.81. The van der Waals surface area contributed by atoms with Gasteiger partial charge in [0.2, 0.25) is 0 Å². The highest BCUT2D eigenvalue weighted by Gasteiger charge is 2.25. The third-order valence-electron chi connectivity index (χ3n) is 2.36. The molecule has 0 radical (unpaired) electrons. The Morgan fingerprint density at radius 1 is 1.58 bits per heavy atom. The molecule has 0 bridgehead atoms. The molecule has 1 aromatic rings. The van der Waals surface area contributed by atoms with Crippen LogP contribution in [-0.4, -0.2) is 22.5 Å². The Labute approximate surface area is 107 Å². The van der Waals surface area contributed by atoms with Crippen molar-refractivity contribution in [3.05, 3.63) is 33.0 Å². The zero-order valence-corrected chi connectivity index (χ0v) is 10.4. The average molecular weight is 274 g/mol. The molecule has 104 valence electrons. The quantitative estimate of drug-likeness (QED) is 0.467. The smallest absolute Gasteiger partial charge is 0.367 e. The molecule has 0 saturated heterocycles. The first kappa shape index (κ1) is 14.9. The summed E-state index contributed by atoms with van der Waals surface area (Å²) in [6, 6.07) is 0.933. The number of pyridine rings is 1. The maximum absolute atomic E-state index is 12.7. The first-order chi connectivity index (χ1) is 8.86. The predicted molar refractivity (Wildman–Crippen MR) is 60.9 cm³/mol. The van der Waals surface area contributed by atoms with Crippen LogP contribution >= 0.6 is 0 Å². The largest absolute Gasteiger partial charge is 0.466 e. The molecule has 0 aliphatic rings. The second-order valence-corrected chi connectivity index (χ2v) is 3.69. The third-order valence-corrected chi connectivity index (χ3v) is 2.36. The van der Waals surface area contributed by atoms with Crippen molar-refractivity contribution in [3.63, 3.8) is 0 Å². The standard InChI is InChI=1S/C11H12F2N2O4/c1-3-19-9(16)5-7-4-8(10(12)13)6(2)14-11(7)15(17)18/h4,10H,3,5H2,1-2H3. The van der Waals surface area contributed by atoms with E-state index in [0.29, 0.717) is 0 Å². The Kier molecular flexibility index (Phi) is 4.85. The Hall–Kier alpha value is -2.12. The van der Waals surface area contributed by atoms with Crippen LogP contribution in [0.4, 0.5) is 14.6 Å². The van der Waals surface area contributed by atoms with E-state index >= 15 is 0 Å². The number of halogens is 2. The molecule has 1 aromatic heterocycles. The number of carbonyl (C=O) groups excluding carboxylic acids is 1. The van der Waals surface area contributed by atoms with Gasteiger partial charge in [-0.25, -0.2) is 8.78 Å². The van der Waals surface area contributed by atoms with E-state index in [9.17, 15) is 23.7 Å². The molecule has 0 aromatic carbocycles. The van der Waals surface area contributed by atoms with Crippen LogP contribution in [0.5, 0.6) is 0 Å². The maximum atomic E-state index is 12.7. The van der Waals surface area contributed by atoms with Crippen LogP contribution in [0.15, 0.2) is 6.07 Å². The van der Waals surface area contributed by atoms with Crippen LogP contribution in [-0.2, 0) is 16.0 Å². The van der Waals surface area contributed by atoms with Gasteiger partial charge in [0.15, 0.2) is 5.69 Å². The van der Waals surface area contributed by atoms with Crippen molar-refractivity contribution in [2.75, 3.05) is 6.61 Å². The summed E-state index contributed by atoms with van der Waals surface area (Å²) in [6.07, 6.45) is -3.27. The molecule has 1 rings (SSSR count). The molecule has 0 fully saturated rings. The minimum absolute atomic E-state index is 0.105. The van der Waals surface area contributed by atoms with E-state index in [1.165, 1.54) is 6.92 Å². The summed E-state index contributed by atoms with van der Waals surface area (Å²) in [4.78, 5) is 24.8. The average Bonchev–Trinajstić information content (AvgIpc) is 2.30. The van der Waals surface area contributed by atoms with Gasteiger partial charge in [-0.1, -0.05) is 0 Å². The monoisotopic (exact) mass is 274 g/mol. The summed E-state index contributed by atoms with van der Waals surface area (Å²) < 4.78 is 30.0. The molecular weight excluding hydrogens is 262 g/mol. The van der Waals surface area contributed by atoms with E-state index in [-0.39, 0.29) is 17.9 Å². The summed E-state index contributed by atoms with van der Waals surface area (Å²) in [7, 11) is 0. The number of hydrogen-bond donors (Lipinski definition) is 0. The molecule has 19 heavy (non-hydrogen) atoms. The fourth-order valence-electron chi connectivity index (χ4n) is 1.53. The lowest BCUT2D eigenvalue weighted by Gasteiger charge is -2.07. The number of rotatable bonds is 5. The number of carbonyl (C=O) groups is 1. The Bertz CT molecular complexity index is 506. The first-order valence-corrected chi connectivity index (χ1v) is 5.45. The lowest BCUT2D eigenvalue weighted by Crippen LogP contribution is -2.11. The molecule has 8 heteroatoms. The SMILES string of the molecule is CCOC(=O)Cc1cc(C(F)F)c(C)nc1[N+](=O)[O-]. The van der Waals surface area contributed by atoms with Gasteiger partial charge in [0, 0.05) is 6.92 Å². The highest BCUT2D eigenvalue weighted by atomic mass is 19.3. The van der Waals surface area contributed by atoms with Gasteiger partial charge in [0.1, 0.15) is 0 Å². The molecule has 0 spiro atoms. The molecule has 0 atom stereocenters. The van der Waals surface area contributed by atoms with Crippen molar-refractivity contribution in [1.82, 2.24) is 4.98 Å². The van der Waals surface area contributed by atoms with Crippen LogP contribution in [0.2, 0.25) is 0 Å². The third kappa shape index (κ3) is 3.67. The van der Waals surface area contributed by atoms with E-state index in [0.717, 1.165) is 6.07 Å². The second kappa shape index (κ2) is 6.17. The second-order valence-electron chi connectivity index (χ2n) is 3.69. The predicted octanol–water partition coefficient (Wildman–Crippen LogP) is 2.34. The summed E-state index contributed by atoms with van der Waals surface area (Å²) in [5.74, 6) is -1.33. The van der Waals surface area contributed by atoms with Gasteiger partial charge in [-0.2, -0.15) is 0 Å². The normalized spacial score (nSPS) is 10.6. The van der Waals surface area contributed by atoms with E-state index in [2.05, 4.69) is 9.72 Å². The fraction of sp³-hybridized carbons (Fsp3) is 0.455. The minimum Gasteiger partial charge on any atom is -0.466 e. The molecule has 0 aliphatic carbocycles. The number of esters is 1. The molecule has 0 N–H and O–H groups in total. The maximum Gasteiger partial charge on any atom is 0.367 e. The Balaban J connectivity index is 3.21. The van der Waals surface area contributed by atoms with Crippen LogP contribution in [0.1, 0.15) is 30.2 Å². The number of aryl methyl sites for hydroxylation is 1.